The van der Waals surface area contributed by atoms with Crippen LogP contribution in [-0.2, 0) is 0 Å². The number of nitrogens with two attached hydrogens (primary N) is 1. The number of likely N-dealkylation sites (tertiary alicyclic amines) is 1. The van der Waals surface area contributed by atoms with Gasteiger partial charge >= 0.3 is 0 Å². The fourth-order valence-corrected chi connectivity index (χ4v) is 3.61. The number of benzene rings is 1. The van der Waals surface area contributed by atoms with E-state index in [1.807, 2.05) is 0 Å². The van der Waals surface area contributed by atoms with Crippen molar-refractivity contribution in [2.75, 3.05) is 6.54 Å². The molecule has 1 aliphatic rings. The van der Waals surface area contributed by atoms with Crippen molar-refractivity contribution < 1.29 is 0 Å². The third-order valence-electron chi connectivity index (χ3n) is 4.78. The summed E-state index contributed by atoms with van der Waals surface area (Å²) in [6.07, 6.45) is 2.65. The van der Waals surface area contributed by atoms with E-state index in [1.54, 1.807) is 0 Å². The van der Waals surface area contributed by atoms with Crippen LogP contribution in [0.4, 0.5) is 0 Å². The predicted octanol–water partition coefficient (Wildman–Crippen LogP) is 3.83. The van der Waals surface area contributed by atoms with Crippen LogP contribution in [0, 0.1) is 11.8 Å². The quantitative estimate of drug-likeness (QED) is 0.904. The molecule has 0 amide bonds. The average molecular weight is 274 g/mol. The van der Waals surface area contributed by atoms with E-state index in [-0.39, 0.29) is 6.04 Å². The Morgan fingerprint density at radius 2 is 1.75 bits per heavy atom. The Hall–Kier alpha value is -0.860. The number of hydrogen-bond acceptors (Lipinski definition) is 2. The van der Waals surface area contributed by atoms with Crippen LogP contribution in [0.3, 0.4) is 0 Å². The minimum absolute atomic E-state index is 0.101. The van der Waals surface area contributed by atoms with Crippen LogP contribution in [0.25, 0.3) is 0 Å². The van der Waals surface area contributed by atoms with Crippen molar-refractivity contribution in [3.63, 3.8) is 0 Å². The number of piperidine rings is 1. The summed E-state index contributed by atoms with van der Waals surface area (Å²) >= 11 is 0. The summed E-state index contributed by atoms with van der Waals surface area (Å²) in [5.41, 5.74) is 7.90. The average Bonchev–Trinajstić information content (AvgIpc) is 2.43. The van der Waals surface area contributed by atoms with Gasteiger partial charge in [0, 0.05) is 24.7 Å². The smallest absolute Gasteiger partial charge is 0.0455 e. The molecule has 1 saturated heterocycles. The first kappa shape index (κ1) is 15.5. The van der Waals surface area contributed by atoms with Crippen LogP contribution in [0.2, 0.25) is 0 Å². The lowest BCUT2D eigenvalue weighted by atomic mass is 9.85. The normalized spacial score (nSPS) is 27.5. The monoisotopic (exact) mass is 274 g/mol. The molecule has 0 saturated carbocycles. The van der Waals surface area contributed by atoms with E-state index in [0.717, 1.165) is 5.92 Å². The molecule has 1 aromatic carbocycles. The lowest BCUT2D eigenvalue weighted by Crippen LogP contribution is -2.53. The van der Waals surface area contributed by atoms with Crippen LogP contribution in [0.5, 0.6) is 0 Å². The van der Waals surface area contributed by atoms with Crippen molar-refractivity contribution in [3.8, 4) is 0 Å². The third-order valence-corrected chi connectivity index (χ3v) is 4.78. The molecule has 2 nitrogen and oxygen atoms in total. The Kier molecular flexibility index (Phi) is 5.22. The molecule has 2 N–H and O–H groups in total. The molecule has 1 heterocycles. The molecule has 0 spiro atoms. The second-order valence-electron chi connectivity index (χ2n) is 6.90. The minimum Gasteiger partial charge on any atom is -0.323 e. The summed E-state index contributed by atoms with van der Waals surface area (Å²) in [6.45, 7) is 10.5. The van der Waals surface area contributed by atoms with E-state index < -0.39 is 0 Å². The zero-order valence-electron chi connectivity index (χ0n) is 13.4. The highest BCUT2D eigenvalue weighted by atomic mass is 15.2. The first-order chi connectivity index (χ1) is 9.50. The van der Waals surface area contributed by atoms with E-state index in [9.17, 15) is 0 Å². The highest BCUT2D eigenvalue weighted by Gasteiger charge is 2.34. The van der Waals surface area contributed by atoms with E-state index in [0.29, 0.717) is 18.0 Å². The molecule has 0 aliphatic carbocycles. The second kappa shape index (κ2) is 6.73. The molecule has 1 aromatic rings. The lowest BCUT2D eigenvalue weighted by Gasteiger charge is -2.46. The van der Waals surface area contributed by atoms with Gasteiger partial charge in [0.2, 0.25) is 0 Å². The van der Waals surface area contributed by atoms with Crippen molar-refractivity contribution in [2.24, 2.45) is 17.6 Å². The lowest BCUT2D eigenvalue weighted by molar-refractivity contribution is 0.0406. The standard InChI is InChI=1S/C18H30N2/c1-13(2)18(17(19)16-8-6-5-7-9-16)20-12-14(3)10-11-15(20)4/h5-9,13-15,17-18H,10-12,19H2,1-4H3. The van der Waals surface area contributed by atoms with Crippen molar-refractivity contribution in [1.82, 2.24) is 4.90 Å². The van der Waals surface area contributed by atoms with Crippen molar-refractivity contribution in [3.05, 3.63) is 35.9 Å². The van der Waals surface area contributed by atoms with E-state index in [4.69, 9.17) is 5.73 Å². The highest BCUT2D eigenvalue weighted by Crippen LogP contribution is 2.31. The van der Waals surface area contributed by atoms with Crippen molar-refractivity contribution in [1.29, 1.82) is 0 Å². The molecule has 112 valence electrons. The number of hydrogen-bond donors (Lipinski definition) is 1. The van der Waals surface area contributed by atoms with Gasteiger partial charge in [-0.2, -0.15) is 0 Å². The van der Waals surface area contributed by atoms with Crippen LogP contribution in [-0.4, -0.2) is 23.5 Å². The molecule has 1 fully saturated rings. The summed E-state index contributed by atoms with van der Waals surface area (Å²) in [7, 11) is 0. The first-order valence-electron chi connectivity index (χ1n) is 8.07. The molecule has 4 unspecified atom stereocenters. The first-order valence-corrected chi connectivity index (χ1v) is 8.07. The Bertz CT molecular complexity index is 401. The van der Waals surface area contributed by atoms with Crippen LogP contribution < -0.4 is 5.73 Å². The predicted molar refractivity (Wildman–Crippen MR) is 86.6 cm³/mol. The molecular formula is C18H30N2. The van der Waals surface area contributed by atoms with E-state index >= 15 is 0 Å². The second-order valence-corrected chi connectivity index (χ2v) is 6.90. The van der Waals surface area contributed by atoms with Gasteiger partial charge in [-0.3, -0.25) is 4.90 Å². The molecule has 4 atom stereocenters. The van der Waals surface area contributed by atoms with Gasteiger partial charge in [0.05, 0.1) is 0 Å². The van der Waals surface area contributed by atoms with Crippen LogP contribution in [0.15, 0.2) is 30.3 Å². The molecule has 20 heavy (non-hydrogen) atoms. The van der Waals surface area contributed by atoms with E-state index in [2.05, 4.69) is 62.9 Å². The van der Waals surface area contributed by atoms with Gasteiger partial charge in [-0.25, -0.2) is 0 Å². The maximum absolute atomic E-state index is 6.64. The summed E-state index contributed by atoms with van der Waals surface area (Å²) in [4.78, 5) is 2.66. The largest absolute Gasteiger partial charge is 0.323 e. The molecule has 2 heteroatoms. The summed E-state index contributed by atoms with van der Waals surface area (Å²) in [6, 6.07) is 11.7. The SMILES string of the molecule is CC1CCC(C)N(C(C(C)C)C(N)c2ccccc2)C1. The maximum Gasteiger partial charge on any atom is 0.0455 e. The fraction of sp³-hybridized carbons (Fsp3) is 0.667. The van der Waals surface area contributed by atoms with Gasteiger partial charge in [0.15, 0.2) is 0 Å². The highest BCUT2D eigenvalue weighted by molar-refractivity contribution is 5.20. The van der Waals surface area contributed by atoms with Crippen molar-refractivity contribution >= 4 is 0 Å². The Morgan fingerprint density at radius 1 is 1.10 bits per heavy atom. The van der Waals surface area contributed by atoms with Gasteiger partial charge in [-0.1, -0.05) is 51.1 Å². The number of nitrogens with zero attached hydrogens (tertiary/aromatic N) is 1. The van der Waals surface area contributed by atoms with Gasteiger partial charge in [0.25, 0.3) is 0 Å². The zero-order chi connectivity index (χ0) is 14.7. The van der Waals surface area contributed by atoms with E-state index in [1.165, 1.54) is 24.9 Å². The summed E-state index contributed by atoms with van der Waals surface area (Å²) < 4.78 is 0. The summed E-state index contributed by atoms with van der Waals surface area (Å²) in [5.74, 6) is 1.35. The number of rotatable bonds is 4. The van der Waals surface area contributed by atoms with Crippen LogP contribution in [0.1, 0.15) is 52.1 Å². The van der Waals surface area contributed by atoms with Crippen molar-refractivity contribution in [2.45, 2.75) is 58.7 Å². The van der Waals surface area contributed by atoms with Crippen LogP contribution >= 0.6 is 0 Å². The van der Waals surface area contributed by atoms with Gasteiger partial charge in [-0.05, 0) is 37.2 Å². The Morgan fingerprint density at radius 3 is 2.35 bits per heavy atom. The molecule has 0 bridgehead atoms. The molecule has 2 rings (SSSR count). The van der Waals surface area contributed by atoms with Gasteiger partial charge < -0.3 is 5.73 Å². The maximum atomic E-state index is 6.64. The zero-order valence-corrected chi connectivity index (χ0v) is 13.4. The molecule has 1 aliphatic heterocycles. The van der Waals surface area contributed by atoms with Gasteiger partial charge in [-0.15, -0.1) is 0 Å². The fourth-order valence-electron chi connectivity index (χ4n) is 3.61. The Balaban J connectivity index is 2.22. The minimum atomic E-state index is 0.101. The molecular weight excluding hydrogens is 244 g/mol. The summed E-state index contributed by atoms with van der Waals surface area (Å²) in [5, 5.41) is 0. The molecule has 0 radical (unpaired) electrons. The topological polar surface area (TPSA) is 29.3 Å². The Labute approximate surface area is 124 Å². The van der Waals surface area contributed by atoms with Gasteiger partial charge in [0.1, 0.15) is 0 Å². The molecule has 0 aromatic heterocycles. The third kappa shape index (κ3) is 3.42.